The molecule has 2 N–H and O–H groups in total. The number of primary amides is 1. The summed E-state index contributed by atoms with van der Waals surface area (Å²) in [6.07, 6.45) is 0. The van der Waals surface area contributed by atoms with Crippen LogP contribution in [0.3, 0.4) is 0 Å². The Labute approximate surface area is 118 Å². The van der Waals surface area contributed by atoms with E-state index in [0.29, 0.717) is 25.3 Å². The van der Waals surface area contributed by atoms with Crippen molar-refractivity contribution >= 4 is 11.8 Å². The Morgan fingerprint density at radius 1 is 1.30 bits per heavy atom. The number of carbonyl (C=O) groups is 2. The van der Waals surface area contributed by atoms with Gasteiger partial charge in [0.25, 0.3) is 5.91 Å². The molecule has 20 heavy (non-hydrogen) atoms. The van der Waals surface area contributed by atoms with Crippen LogP contribution in [0.25, 0.3) is 0 Å². The Balaban J connectivity index is 2.18. The molecule has 1 fully saturated rings. The van der Waals surface area contributed by atoms with Crippen LogP contribution in [0.1, 0.15) is 16.2 Å². The molecule has 108 valence electrons. The van der Waals surface area contributed by atoms with Crippen LogP contribution in [-0.2, 0) is 4.79 Å². The average Bonchev–Trinajstić information content (AvgIpc) is 2.60. The minimum absolute atomic E-state index is 0.143. The maximum Gasteiger partial charge on any atom is 0.272 e. The lowest BCUT2D eigenvalue weighted by Gasteiger charge is -2.22. The number of hydrogen-bond acceptors (Lipinski definition) is 4. The molecule has 0 saturated carbocycles. The molecule has 2 rings (SSSR count). The summed E-state index contributed by atoms with van der Waals surface area (Å²) in [6, 6.07) is 5.35. The van der Waals surface area contributed by atoms with E-state index in [1.807, 2.05) is 31.0 Å². The zero-order valence-electron chi connectivity index (χ0n) is 11.9. The highest BCUT2D eigenvalue weighted by Gasteiger charge is 2.28. The normalized spacial score (nSPS) is 20.5. The molecular weight excluding hydrogens is 256 g/mol. The van der Waals surface area contributed by atoms with Crippen LogP contribution >= 0.6 is 0 Å². The summed E-state index contributed by atoms with van der Waals surface area (Å²) in [4.78, 5) is 31.9. The molecule has 0 unspecified atom stereocenters. The summed E-state index contributed by atoms with van der Waals surface area (Å²) in [5.41, 5.74) is 6.62. The van der Waals surface area contributed by atoms with Crippen LogP contribution < -0.4 is 5.73 Å². The molecule has 0 bridgehead atoms. The van der Waals surface area contributed by atoms with Crippen molar-refractivity contribution in [2.24, 2.45) is 11.7 Å². The van der Waals surface area contributed by atoms with E-state index >= 15 is 0 Å². The number of amides is 2. The Morgan fingerprint density at radius 2 is 2.05 bits per heavy atom. The minimum atomic E-state index is -0.367. The maximum atomic E-state index is 12.5. The van der Waals surface area contributed by atoms with Crippen molar-refractivity contribution in [1.29, 1.82) is 0 Å². The first-order valence-corrected chi connectivity index (χ1v) is 6.68. The third-order valence-corrected chi connectivity index (χ3v) is 3.52. The summed E-state index contributed by atoms with van der Waals surface area (Å²) in [5, 5.41) is 0. The summed E-state index contributed by atoms with van der Waals surface area (Å²) in [6.45, 7) is 4.09. The Hall–Kier alpha value is -1.95. The van der Waals surface area contributed by atoms with Crippen molar-refractivity contribution in [2.45, 2.75) is 6.92 Å². The molecule has 1 saturated heterocycles. The molecular formula is C14H20N4O2. The summed E-state index contributed by atoms with van der Waals surface area (Å²) in [5.74, 6) is -0.847. The molecule has 6 heteroatoms. The second kappa shape index (κ2) is 6.00. The van der Waals surface area contributed by atoms with E-state index in [2.05, 4.69) is 4.98 Å². The largest absolute Gasteiger partial charge is 0.369 e. The third kappa shape index (κ3) is 3.33. The van der Waals surface area contributed by atoms with Crippen LogP contribution in [-0.4, -0.2) is 59.8 Å². The first kappa shape index (κ1) is 14.5. The van der Waals surface area contributed by atoms with Gasteiger partial charge in [0.2, 0.25) is 5.91 Å². The quantitative estimate of drug-likeness (QED) is 0.816. The predicted octanol–water partition coefficient (Wildman–Crippen LogP) is -0.121. The van der Waals surface area contributed by atoms with Gasteiger partial charge in [-0.05, 0) is 26.1 Å². The standard InChI is InChI=1S/C14H20N4O2/c1-10-4-3-5-12(16-10)14(20)18-7-6-17(2)8-11(9-18)13(15)19/h3-5,11H,6-9H2,1-2H3,(H2,15,19)/t11-/m1/s1. The second-order valence-electron chi connectivity index (χ2n) is 5.28. The van der Waals surface area contributed by atoms with Gasteiger partial charge in [0.1, 0.15) is 5.69 Å². The minimum Gasteiger partial charge on any atom is -0.369 e. The first-order valence-electron chi connectivity index (χ1n) is 6.68. The Morgan fingerprint density at radius 3 is 2.70 bits per heavy atom. The number of pyridine rings is 1. The molecule has 1 aromatic heterocycles. The number of nitrogens with zero attached hydrogens (tertiary/aromatic N) is 3. The topological polar surface area (TPSA) is 79.5 Å². The van der Waals surface area contributed by atoms with Gasteiger partial charge in [0, 0.05) is 31.9 Å². The van der Waals surface area contributed by atoms with E-state index in [0.717, 1.165) is 12.2 Å². The fraction of sp³-hybridized carbons (Fsp3) is 0.500. The maximum absolute atomic E-state index is 12.5. The van der Waals surface area contributed by atoms with Crippen molar-refractivity contribution in [3.8, 4) is 0 Å². The van der Waals surface area contributed by atoms with Crippen molar-refractivity contribution in [1.82, 2.24) is 14.8 Å². The molecule has 1 aliphatic rings. The van der Waals surface area contributed by atoms with Crippen LogP contribution in [0, 0.1) is 12.8 Å². The zero-order valence-corrected chi connectivity index (χ0v) is 11.9. The molecule has 1 aromatic rings. The van der Waals surface area contributed by atoms with E-state index < -0.39 is 0 Å². The zero-order chi connectivity index (χ0) is 14.7. The number of rotatable bonds is 2. The van der Waals surface area contributed by atoms with Crippen molar-refractivity contribution in [2.75, 3.05) is 33.2 Å². The van der Waals surface area contributed by atoms with Crippen molar-refractivity contribution in [3.05, 3.63) is 29.6 Å². The molecule has 1 atom stereocenters. The molecule has 0 spiro atoms. The van der Waals surface area contributed by atoms with Crippen LogP contribution in [0.4, 0.5) is 0 Å². The number of nitrogens with two attached hydrogens (primary N) is 1. The molecule has 1 aliphatic heterocycles. The Bertz CT molecular complexity index is 518. The number of hydrogen-bond donors (Lipinski definition) is 1. The summed E-state index contributed by atoms with van der Waals surface area (Å²) < 4.78 is 0. The van der Waals surface area contributed by atoms with E-state index in [-0.39, 0.29) is 17.7 Å². The van der Waals surface area contributed by atoms with E-state index in [9.17, 15) is 9.59 Å². The van der Waals surface area contributed by atoms with Gasteiger partial charge in [0.05, 0.1) is 5.92 Å². The van der Waals surface area contributed by atoms with E-state index in [1.165, 1.54) is 0 Å². The lowest BCUT2D eigenvalue weighted by atomic mass is 10.1. The van der Waals surface area contributed by atoms with Gasteiger partial charge in [0.15, 0.2) is 0 Å². The summed E-state index contributed by atoms with van der Waals surface area (Å²) in [7, 11) is 1.93. The number of aryl methyl sites for hydroxylation is 1. The van der Waals surface area contributed by atoms with Gasteiger partial charge >= 0.3 is 0 Å². The fourth-order valence-corrected chi connectivity index (χ4v) is 2.36. The fourth-order valence-electron chi connectivity index (χ4n) is 2.36. The lowest BCUT2D eigenvalue weighted by molar-refractivity contribution is -0.122. The predicted molar refractivity (Wildman–Crippen MR) is 75.1 cm³/mol. The second-order valence-corrected chi connectivity index (χ2v) is 5.28. The van der Waals surface area contributed by atoms with E-state index in [1.54, 1.807) is 11.0 Å². The van der Waals surface area contributed by atoms with Crippen LogP contribution in [0.15, 0.2) is 18.2 Å². The van der Waals surface area contributed by atoms with Gasteiger partial charge in [-0.15, -0.1) is 0 Å². The lowest BCUT2D eigenvalue weighted by Crippen LogP contribution is -2.40. The number of aromatic nitrogens is 1. The van der Waals surface area contributed by atoms with Crippen LogP contribution in [0.2, 0.25) is 0 Å². The highest BCUT2D eigenvalue weighted by atomic mass is 16.2. The summed E-state index contributed by atoms with van der Waals surface area (Å²) >= 11 is 0. The van der Waals surface area contributed by atoms with Gasteiger partial charge in [-0.3, -0.25) is 9.59 Å². The van der Waals surface area contributed by atoms with Gasteiger partial charge < -0.3 is 15.5 Å². The van der Waals surface area contributed by atoms with Gasteiger partial charge in [-0.2, -0.15) is 0 Å². The molecule has 2 amide bonds. The van der Waals surface area contributed by atoms with Gasteiger partial charge in [-0.25, -0.2) is 4.98 Å². The highest BCUT2D eigenvalue weighted by molar-refractivity contribution is 5.92. The highest BCUT2D eigenvalue weighted by Crippen LogP contribution is 2.11. The SMILES string of the molecule is Cc1cccc(C(=O)N2CCN(C)C[C@@H](C(N)=O)C2)n1. The van der Waals surface area contributed by atoms with Crippen molar-refractivity contribution < 1.29 is 9.59 Å². The smallest absolute Gasteiger partial charge is 0.272 e. The average molecular weight is 276 g/mol. The molecule has 6 nitrogen and oxygen atoms in total. The van der Waals surface area contributed by atoms with Crippen molar-refractivity contribution in [3.63, 3.8) is 0 Å². The Kier molecular flexibility index (Phi) is 4.34. The number of likely N-dealkylation sites (N-methyl/N-ethyl adjacent to an activating group) is 1. The monoisotopic (exact) mass is 276 g/mol. The molecule has 0 radical (unpaired) electrons. The molecule has 0 aromatic carbocycles. The van der Waals surface area contributed by atoms with E-state index in [4.69, 9.17) is 5.73 Å². The van der Waals surface area contributed by atoms with Gasteiger partial charge in [-0.1, -0.05) is 6.07 Å². The molecule has 0 aliphatic carbocycles. The first-order chi connectivity index (χ1) is 9.47. The molecule has 2 heterocycles. The van der Waals surface area contributed by atoms with Crippen LogP contribution in [0.5, 0.6) is 0 Å². The number of carbonyl (C=O) groups excluding carboxylic acids is 2. The third-order valence-electron chi connectivity index (χ3n) is 3.52.